The third-order valence-corrected chi connectivity index (χ3v) is 1.68. The van der Waals surface area contributed by atoms with Gasteiger partial charge in [0.05, 0.1) is 6.04 Å². The summed E-state index contributed by atoms with van der Waals surface area (Å²) in [5.74, 6) is -0.0719. The molecule has 0 radical (unpaired) electrons. The third kappa shape index (κ3) is 1.53. The van der Waals surface area contributed by atoms with Gasteiger partial charge < -0.3 is 5.11 Å². The second-order valence-corrected chi connectivity index (χ2v) is 2.48. The Bertz CT molecular complexity index is 257. The van der Waals surface area contributed by atoms with Crippen molar-refractivity contribution >= 4 is 11.9 Å². The van der Waals surface area contributed by atoms with Crippen molar-refractivity contribution in [2.45, 2.75) is 12.5 Å². The smallest absolute Gasteiger partial charge is 0.411 e. The van der Waals surface area contributed by atoms with E-state index in [-0.39, 0.29) is 12.2 Å². The molecule has 1 aliphatic heterocycles. The SMILES string of the molecule is C=CC1CC(=O)C=CN1C(=O)O. The highest BCUT2D eigenvalue weighted by Gasteiger charge is 2.23. The summed E-state index contributed by atoms with van der Waals surface area (Å²) >= 11 is 0. The summed E-state index contributed by atoms with van der Waals surface area (Å²) in [4.78, 5) is 22.5. The lowest BCUT2D eigenvalue weighted by Gasteiger charge is -2.25. The molecule has 0 saturated heterocycles. The van der Waals surface area contributed by atoms with Crippen LogP contribution >= 0.6 is 0 Å². The number of hydrogen-bond acceptors (Lipinski definition) is 2. The number of allylic oxidation sites excluding steroid dienone is 1. The lowest BCUT2D eigenvalue weighted by Crippen LogP contribution is -2.37. The summed E-state index contributed by atoms with van der Waals surface area (Å²) in [5, 5.41) is 8.64. The lowest BCUT2D eigenvalue weighted by atomic mass is 10.1. The number of hydrogen-bond donors (Lipinski definition) is 1. The van der Waals surface area contributed by atoms with Crippen molar-refractivity contribution in [2.24, 2.45) is 0 Å². The van der Waals surface area contributed by atoms with Crippen LogP contribution in [-0.4, -0.2) is 27.9 Å². The second-order valence-electron chi connectivity index (χ2n) is 2.48. The molecular weight excluding hydrogens is 158 g/mol. The molecule has 0 bridgehead atoms. The standard InChI is InChI=1S/C8H9NO3/c1-2-6-5-7(10)3-4-9(6)8(11)12/h2-4,6H,1,5H2,(H,11,12). The molecule has 0 aromatic heterocycles. The number of amides is 1. The van der Waals surface area contributed by atoms with E-state index in [9.17, 15) is 9.59 Å². The summed E-state index contributed by atoms with van der Waals surface area (Å²) in [6.45, 7) is 3.46. The van der Waals surface area contributed by atoms with E-state index in [1.165, 1.54) is 18.4 Å². The molecule has 1 rings (SSSR count). The van der Waals surface area contributed by atoms with Crippen LogP contribution in [-0.2, 0) is 4.79 Å². The minimum absolute atomic E-state index is 0.0719. The summed E-state index contributed by atoms with van der Waals surface area (Å²) in [5.41, 5.74) is 0. The van der Waals surface area contributed by atoms with E-state index in [2.05, 4.69) is 6.58 Å². The zero-order valence-electron chi connectivity index (χ0n) is 6.43. The molecular formula is C8H9NO3. The van der Waals surface area contributed by atoms with Gasteiger partial charge in [-0.15, -0.1) is 6.58 Å². The van der Waals surface area contributed by atoms with Crippen LogP contribution in [0.4, 0.5) is 4.79 Å². The Morgan fingerprint density at radius 3 is 3.00 bits per heavy atom. The van der Waals surface area contributed by atoms with Gasteiger partial charge in [-0.3, -0.25) is 9.69 Å². The number of nitrogens with zero attached hydrogens (tertiary/aromatic N) is 1. The molecule has 0 spiro atoms. The minimum Gasteiger partial charge on any atom is -0.465 e. The van der Waals surface area contributed by atoms with Crippen LogP contribution in [0, 0.1) is 0 Å². The topological polar surface area (TPSA) is 57.6 Å². The van der Waals surface area contributed by atoms with Crippen LogP contribution < -0.4 is 0 Å². The van der Waals surface area contributed by atoms with Crippen molar-refractivity contribution < 1.29 is 14.7 Å². The molecule has 1 heterocycles. The van der Waals surface area contributed by atoms with Gasteiger partial charge in [0.2, 0.25) is 0 Å². The Labute approximate surface area is 69.8 Å². The van der Waals surface area contributed by atoms with E-state index in [1.807, 2.05) is 0 Å². The van der Waals surface area contributed by atoms with Gasteiger partial charge in [-0.1, -0.05) is 6.08 Å². The van der Waals surface area contributed by atoms with Gasteiger partial charge in [0.1, 0.15) is 0 Å². The first-order valence-corrected chi connectivity index (χ1v) is 3.50. The zero-order chi connectivity index (χ0) is 9.14. The van der Waals surface area contributed by atoms with Gasteiger partial charge in [0.15, 0.2) is 5.78 Å². The van der Waals surface area contributed by atoms with Crippen molar-refractivity contribution in [1.82, 2.24) is 4.90 Å². The summed E-state index contributed by atoms with van der Waals surface area (Å²) in [6.07, 6.45) is 3.10. The van der Waals surface area contributed by atoms with E-state index in [0.29, 0.717) is 0 Å². The predicted molar refractivity (Wildman–Crippen MR) is 42.6 cm³/mol. The van der Waals surface area contributed by atoms with Crippen LogP contribution in [0.5, 0.6) is 0 Å². The maximum atomic E-state index is 10.8. The Kier molecular flexibility index (Phi) is 2.28. The van der Waals surface area contributed by atoms with E-state index in [0.717, 1.165) is 4.90 Å². The first-order valence-electron chi connectivity index (χ1n) is 3.50. The number of carbonyl (C=O) groups is 2. The molecule has 0 fully saturated rings. The van der Waals surface area contributed by atoms with Gasteiger partial charge in [0.25, 0.3) is 0 Å². The molecule has 4 nitrogen and oxygen atoms in total. The molecule has 1 aliphatic rings. The maximum absolute atomic E-state index is 10.8. The largest absolute Gasteiger partial charge is 0.465 e. The summed E-state index contributed by atoms with van der Waals surface area (Å²) in [7, 11) is 0. The third-order valence-electron chi connectivity index (χ3n) is 1.68. The van der Waals surface area contributed by atoms with E-state index < -0.39 is 12.1 Å². The van der Waals surface area contributed by atoms with Crippen LogP contribution in [0.25, 0.3) is 0 Å². The van der Waals surface area contributed by atoms with Gasteiger partial charge in [-0.2, -0.15) is 0 Å². The number of carbonyl (C=O) groups excluding carboxylic acids is 1. The molecule has 0 aliphatic carbocycles. The van der Waals surface area contributed by atoms with Crippen LogP contribution in [0.2, 0.25) is 0 Å². The zero-order valence-corrected chi connectivity index (χ0v) is 6.43. The van der Waals surface area contributed by atoms with E-state index >= 15 is 0 Å². The van der Waals surface area contributed by atoms with Crippen molar-refractivity contribution in [3.8, 4) is 0 Å². The summed E-state index contributed by atoms with van der Waals surface area (Å²) < 4.78 is 0. The highest BCUT2D eigenvalue weighted by Crippen LogP contribution is 2.12. The van der Waals surface area contributed by atoms with Gasteiger partial charge in [0, 0.05) is 12.6 Å². The first-order chi connectivity index (χ1) is 5.65. The van der Waals surface area contributed by atoms with E-state index in [1.54, 1.807) is 0 Å². The van der Waals surface area contributed by atoms with Crippen molar-refractivity contribution in [3.63, 3.8) is 0 Å². The Balaban J connectivity index is 2.85. The highest BCUT2D eigenvalue weighted by molar-refractivity contribution is 5.92. The molecule has 4 heteroatoms. The van der Waals surface area contributed by atoms with Crippen LogP contribution in [0.1, 0.15) is 6.42 Å². The average Bonchev–Trinajstić information content (AvgIpc) is 2.03. The molecule has 64 valence electrons. The molecule has 1 unspecified atom stereocenters. The van der Waals surface area contributed by atoms with E-state index in [4.69, 9.17) is 5.11 Å². The van der Waals surface area contributed by atoms with Crippen LogP contribution in [0.3, 0.4) is 0 Å². The number of carboxylic acid groups (broad SMARTS) is 1. The quantitative estimate of drug-likeness (QED) is 0.593. The molecule has 1 amide bonds. The Morgan fingerprint density at radius 1 is 1.83 bits per heavy atom. The molecule has 0 saturated carbocycles. The molecule has 1 atom stereocenters. The number of rotatable bonds is 1. The van der Waals surface area contributed by atoms with Crippen molar-refractivity contribution in [2.75, 3.05) is 0 Å². The van der Waals surface area contributed by atoms with Crippen molar-refractivity contribution in [1.29, 1.82) is 0 Å². The van der Waals surface area contributed by atoms with Gasteiger partial charge >= 0.3 is 6.09 Å². The highest BCUT2D eigenvalue weighted by atomic mass is 16.4. The molecule has 12 heavy (non-hydrogen) atoms. The fourth-order valence-electron chi connectivity index (χ4n) is 1.05. The lowest BCUT2D eigenvalue weighted by molar-refractivity contribution is -0.115. The first kappa shape index (κ1) is 8.52. The minimum atomic E-state index is -1.07. The normalized spacial score (nSPS) is 22.5. The van der Waals surface area contributed by atoms with Crippen molar-refractivity contribution in [3.05, 3.63) is 24.9 Å². The fraction of sp³-hybridized carbons (Fsp3) is 0.250. The van der Waals surface area contributed by atoms with Gasteiger partial charge in [-0.25, -0.2) is 4.79 Å². The fourth-order valence-corrected chi connectivity index (χ4v) is 1.05. The Morgan fingerprint density at radius 2 is 2.50 bits per heavy atom. The molecule has 0 aromatic carbocycles. The Hall–Kier alpha value is -1.58. The maximum Gasteiger partial charge on any atom is 0.411 e. The molecule has 1 N–H and O–H groups in total. The average molecular weight is 167 g/mol. The van der Waals surface area contributed by atoms with Crippen LogP contribution in [0.15, 0.2) is 24.9 Å². The van der Waals surface area contributed by atoms with Gasteiger partial charge in [-0.05, 0) is 6.08 Å². The second kappa shape index (κ2) is 3.21. The predicted octanol–water partition coefficient (Wildman–Crippen LogP) is 1.01. The summed E-state index contributed by atoms with van der Waals surface area (Å²) in [6, 6.07) is -0.417. The monoisotopic (exact) mass is 167 g/mol. The molecule has 0 aromatic rings. The number of ketones is 1.